The number of hydrogen-bond donors (Lipinski definition) is 1. The van der Waals surface area contributed by atoms with Crippen LogP contribution in [0.25, 0.3) is 5.76 Å². The van der Waals surface area contributed by atoms with Crippen LogP contribution in [0.4, 0.5) is 0 Å². The average molecular weight is 394 g/mol. The molecule has 2 saturated heterocycles. The molecular weight excluding hydrogens is 372 g/mol. The van der Waals surface area contributed by atoms with Crippen LogP contribution in [-0.4, -0.2) is 53.0 Å². The van der Waals surface area contributed by atoms with E-state index in [1.807, 2.05) is 0 Å². The van der Waals surface area contributed by atoms with E-state index in [9.17, 15) is 14.7 Å². The Balaban J connectivity index is 1.84. The van der Waals surface area contributed by atoms with E-state index >= 15 is 0 Å². The molecule has 7 heteroatoms. The number of carbonyl (C=O) groups is 2. The van der Waals surface area contributed by atoms with Crippen LogP contribution in [0.3, 0.4) is 0 Å². The monoisotopic (exact) mass is 394 g/mol. The Morgan fingerprint density at radius 2 is 2.00 bits per heavy atom. The molecule has 0 aliphatic carbocycles. The number of aromatic nitrogens is 1. The first-order chi connectivity index (χ1) is 14.1. The van der Waals surface area contributed by atoms with Gasteiger partial charge in [0.1, 0.15) is 11.5 Å². The molecule has 2 atom stereocenters. The van der Waals surface area contributed by atoms with Gasteiger partial charge in [-0.25, -0.2) is 0 Å². The number of aliphatic hydroxyl groups is 1. The highest BCUT2D eigenvalue weighted by Gasteiger charge is 2.47. The minimum atomic E-state index is -0.716. The molecule has 2 aromatic rings. The molecule has 29 heavy (non-hydrogen) atoms. The van der Waals surface area contributed by atoms with Crippen molar-refractivity contribution >= 4 is 17.4 Å². The number of nitrogens with zero attached hydrogens (tertiary/aromatic N) is 2. The third kappa shape index (κ3) is 3.49. The lowest BCUT2D eigenvalue weighted by molar-refractivity contribution is -0.140. The molecule has 7 nitrogen and oxygen atoms in total. The van der Waals surface area contributed by atoms with Crippen LogP contribution < -0.4 is 4.74 Å². The maximum absolute atomic E-state index is 13.0. The van der Waals surface area contributed by atoms with Gasteiger partial charge in [-0.05, 0) is 42.7 Å². The number of Topliss-reactive ketones (excluding diaryl/α,β-unsaturated/α-hetero) is 1. The van der Waals surface area contributed by atoms with Crippen molar-refractivity contribution in [3.05, 3.63) is 65.5 Å². The Hall–Kier alpha value is -3.19. The molecule has 1 aromatic carbocycles. The number of ketones is 1. The van der Waals surface area contributed by atoms with E-state index in [0.29, 0.717) is 30.0 Å². The predicted octanol–water partition coefficient (Wildman–Crippen LogP) is 2.69. The van der Waals surface area contributed by atoms with Crippen LogP contribution in [0.5, 0.6) is 5.75 Å². The zero-order valence-corrected chi connectivity index (χ0v) is 16.1. The maximum Gasteiger partial charge on any atom is 0.295 e. The second-order valence-electron chi connectivity index (χ2n) is 7.07. The van der Waals surface area contributed by atoms with Crippen molar-refractivity contribution in [3.63, 3.8) is 0 Å². The molecule has 0 saturated carbocycles. The van der Waals surface area contributed by atoms with E-state index in [1.165, 1.54) is 12.0 Å². The molecule has 2 fully saturated rings. The first kappa shape index (κ1) is 19.1. The number of likely N-dealkylation sites (tertiary alicyclic amines) is 1. The summed E-state index contributed by atoms with van der Waals surface area (Å²) in [5.41, 5.74) is 1.11. The highest BCUT2D eigenvalue weighted by molar-refractivity contribution is 6.46. The summed E-state index contributed by atoms with van der Waals surface area (Å²) >= 11 is 0. The Morgan fingerprint density at radius 1 is 1.24 bits per heavy atom. The van der Waals surface area contributed by atoms with Gasteiger partial charge in [0.25, 0.3) is 11.7 Å². The van der Waals surface area contributed by atoms with E-state index in [2.05, 4.69) is 4.98 Å². The van der Waals surface area contributed by atoms with Gasteiger partial charge >= 0.3 is 0 Å². The summed E-state index contributed by atoms with van der Waals surface area (Å²) in [6, 6.07) is 9.63. The highest BCUT2D eigenvalue weighted by Crippen LogP contribution is 2.41. The van der Waals surface area contributed by atoms with E-state index in [0.717, 1.165) is 12.8 Å². The molecule has 0 bridgehead atoms. The summed E-state index contributed by atoms with van der Waals surface area (Å²) < 4.78 is 11.0. The number of pyridine rings is 1. The summed E-state index contributed by atoms with van der Waals surface area (Å²) in [6.45, 7) is 0.940. The number of carbonyl (C=O) groups excluding carboxylic acids is 2. The fourth-order valence-corrected chi connectivity index (χ4v) is 3.95. The fourth-order valence-electron chi connectivity index (χ4n) is 3.95. The lowest BCUT2D eigenvalue weighted by atomic mass is 9.95. The van der Waals surface area contributed by atoms with Gasteiger partial charge in [-0.15, -0.1) is 0 Å². The first-order valence-corrected chi connectivity index (χ1v) is 9.55. The first-order valence-electron chi connectivity index (χ1n) is 9.55. The van der Waals surface area contributed by atoms with E-state index in [-0.39, 0.29) is 17.4 Å². The number of aliphatic hydroxyl groups excluding tert-OH is 1. The van der Waals surface area contributed by atoms with Crippen LogP contribution in [0, 0.1) is 0 Å². The number of methoxy groups -OCH3 is 1. The molecule has 1 aromatic heterocycles. The van der Waals surface area contributed by atoms with Crippen LogP contribution in [0.2, 0.25) is 0 Å². The van der Waals surface area contributed by atoms with E-state index in [1.54, 1.807) is 48.8 Å². The van der Waals surface area contributed by atoms with E-state index in [4.69, 9.17) is 9.47 Å². The van der Waals surface area contributed by atoms with Gasteiger partial charge in [-0.3, -0.25) is 14.6 Å². The summed E-state index contributed by atoms with van der Waals surface area (Å²) in [5.74, 6) is -1.19. The van der Waals surface area contributed by atoms with Gasteiger partial charge in [0.05, 0.1) is 30.4 Å². The normalized spacial score (nSPS) is 23.6. The SMILES string of the molecule is COc1ccccc1/C(O)=C1/C(=O)C(=O)N(CC2CCCO2)C1c1ccncc1. The van der Waals surface area contributed by atoms with Crippen LogP contribution >= 0.6 is 0 Å². The number of rotatable bonds is 5. The second kappa shape index (κ2) is 8.05. The maximum atomic E-state index is 13.0. The van der Waals surface area contributed by atoms with Crippen LogP contribution in [0.1, 0.15) is 30.0 Å². The molecule has 1 amide bonds. The Kier molecular flexibility index (Phi) is 5.31. The highest BCUT2D eigenvalue weighted by atomic mass is 16.5. The Labute approximate surface area is 168 Å². The van der Waals surface area contributed by atoms with Crippen LogP contribution in [0.15, 0.2) is 54.4 Å². The molecular formula is C22H22N2O5. The number of para-hydroxylation sites is 1. The van der Waals surface area contributed by atoms with Gasteiger partial charge in [0.2, 0.25) is 0 Å². The summed E-state index contributed by atoms with van der Waals surface area (Å²) in [6.07, 6.45) is 4.84. The minimum Gasteiger partial charge on any atom is -0.507 e. The van der Waals surface area contributed by atoms with Crippen molar-refractivity contribution < 1.29 is 24.2 Å². The van der Waals surface area contributed by atoms with Gasteiger partial charge in [0, 0.05) is 25.5 Å². The van der Waals surface area contributed by atoms with Crippen molar-refractivity contribution in [2.45, 2.75) is 25.0 Å². The van der Waals surface area contributed by atoms with Gasteiger partial charge in [-0.1, -0.05) is 12.1 Å². The second-order valence-corrected chi connectivity index (χ2v) is 7.07. The Bertz CT molecular complexity index is 951. The third-order valence-corrected chi connectivity index (χ3v) is 5.35. The molecule has 4 rings (SSSR count). The molecule has 3 heterocycles. The lowest BCUT2D eigenvalue weighted by Gasteiger charge is -2.27. The lowest BCUT2D eigenvalue weighted by Crippen LogP contribution is -2.36. The molecule has 2 unspecified atom stereocenters. The van der Waals surface area contributed by atoms with Gasteiger partial charge in [0.15, 0.2) is 0 Å². The van der Waals surface area contributed by atoms with Gasteiger partial charge < -0.3 is 19.5 Å². The van der Waals surface area contributed by atoms with Crippen molar-refractivity contribution in [2.75, 3.05) is 20.3 Å². The molecule has 2 aliphatic heterocycles. The standard InChI is InChI=1S/C22H22N2O5/c1-28-17-7-3-2-6-16(17)20(25)18-19(14-8-10-23-11-9-14)24(22(27)21(18)26)13-15-5-4-12-29-15/h2-3,6-11,15,19,25H,4-5,12-13H2,1H3/b20-18-. The summed E-state index contributed by atoms with van der Waals surface area (Å²) in [5, 5.41) is 11.1. The quantitative estimate of drug-likeness (QED) is 0.477. The number of amides is 1. The molecule has 0 spiro atoms. The van der Waals surface area contributed by atoms with E-state index < -0.39 is 17.7 Å². The summed E-state index contributed by atoms with van der Waals surface area (Å²) in [4.78, 5) is 31.4. The van der Waals surface area contributed by atoms with Crippen molar-refractivity contribution in [2.24, 2.45) is 0 Å². The zero-order valence-electron chi connectivity index (χ0n) is 16.1. The largest absolute Gasteiger partial charge is 0.507 e. The smallest absolute Gasteiger partial charge is 0.295 e. The molecule has 1 N–H and O–H groups in total. The molecule has 0 radical (unpaired) electrons. The zero-order chi connectivity index (χ0) is 20.4. The summed E-state index contributed by atoms with van der Waals surface area (Å²) in [7, 11) is 1.49. The van der Waals surface area contributed by atoms with Crippen molar-refractivity contribution in [1.29, 1.82) is 0 Å². The van der Waals surface area contributed by atoms with Gasteiger partial charge in [-0.2, -0.15) is 0 Å². The van der Waals surface area contributed by atoms with Crippen molar-refractivity contribution in [3.8, 4) is 5.75 Å². The van der Waals surface area contributed by atoms with Crippen LogP contribution in [-0.2, 0) is 14.3 Å². The fraction of sp³-hybridized carbons (Fsp3) is 0.318. The Morgan fingerprint density at radius 3 is 2.69 bits per heavy atom. The average Bonchev–Trinajstić information content (AvgIpc) is 3.36. The number of benzene rings is 1. The third-order valence-electron chi connectivity index (χ3n) is 5.35. The molecule has 150 valence electrons. The predicted molar refractivity (Wildman–Crippen MR) is 105 cm³/mol. The molecule has 2 aliphatic rings. The minimum absolute atomic E-state index is 0.0451. The number of hydrogen-bond acceptors (Lipinski definition) is 6. The topological polar surface area (TPSA) is 89.0 Å². The van der Waals surface area contributed by atoms with Crippen molar-refractivity contribution in [1.82, 2.24) is 9.88 Å². The number of ether oxygens (including phenoxy) is 2.